The summed E-state index contributed by atoms with van der Waals surface area (Å²) in [5, 5.41) is 3.47. The Hall–Kier alpha value is -0.0600. The molecule has 3 N–H and O–H groups in total. The molecule has 2 atom stereocenters. The molecule has 12 heavy (non-hydrogen) atoms. The van der Waals surface area contributed by atoms with Gasteiger partial charge in [-0.15, -0.1) is 0 Å². The zero-order valence-corrected chi connectivity index (χ0v) is 8.19. The summed E-state index contributed by atoms with van der Waals surface area (Å²) in [6, 6.07) is 0.162. The van der Waals surface area contributed by atoms with Crippen LogP contribution in [0.25, 0.3) is 0 Å². The van der Waals surface area contributed by atoms with E-state index in [9.17, 15) is 4.79 Å². The van der Waals surface area contributed by atoms with Gasteiger partial charge in [-0.05, 0) is 25.1 Å². The quantitative estimate of drug-likeness (QED) is 0.650. The Morgan fingerprint density at radius 2 is 2.50 bits per heavy atom. The molecule has 0 radical (unpaired) electrons. The van der Waals surface area contributed by atoms with E-state index in [2.05, 4.69) is 5.32 Å². The number of thioether (sulfide) groups is 1. The fourth-order valence-corrected chi connectivity index (χ4v) is 1.87. The van der Waals surface area contributed by atoms with Crippen LogP contribution in [0.5, 0.6) is 0 Å². The van der Waals surface area contributed by atoms with Gasteiger partial charge in [0, 0.05) is 19.0 Å². The lowest BCUT2D eigenvalue weighted by Crippen LogP contribution is -2.46. The molecule has 0 aliphatic carbocycles. The van der Waals surface area contributed by atoms with E-state index in [1.165, 1.54) is 11.8 Å². The third-order valence-electron chi connectivity index (χ3n) is 2.33. The number of carbonyl (C=O) groups excluding carboxylic acids is 1. The fraction of sp³-hybridized carbons (Fsp3) is 0.875. The average molecular weight is 188 g/mol. The molecule has 0 aromatic rings. The minimum Gasteiger partial charge on any atom is -0.326 e. The molecule has 1 rings (SSSR count). The fourth-order valence-electron chi connectivity index (χ4n) is 1.49. The molecule has 3 nitrogen and oxygen atoms in total. The second-order valence-corrected chi connectivity index (χ2v) is 4.06. The molecule has 0 aromatic heterocycles. The summed E-state index contributed by atoms with van der Waals surface area (Å²) in [5.74, 6) is 0.395. The first-order valence-corrected chi connectivity index (χ1v) is 5.49. The van der Waals surface area contributed by atoms with Crippen molar-refractivity contribution in [3.63, 3.8) is 0 Å². The monoisotopic (exact) mass is 188 g/mol. The van der Waals surface area contributed by atoms with E-state index in [4.69, 9.17) is 5.73 Å². The van der Waals surface area contributed by atoms with Gasteiger partial charge in [-0.2, -0.15) is 0 Å². The summed E-state index contributed by atoms with van der Waals surface area (Å²) in [7, 11) is 0. The summed E-state index contributed by atoms with van der Waals surface area (Å²) >= 11 is 1.31. The number of nitrogens with one attached hydrogen (secondary N) is 1. The lowest BCUT2D eigenvalue weighted by atomic mass is 9.91. The Morgan fingerprint density at radius 3 is 3.08 bits per heavy atom. The summed E-state index contributed by atoms with van der Waals surface area (Å²) in [6.07, 6.45) is 3.51. The van der Waals surface area contributed by atoms with Crippen molar-refractivity contribution in [1.82, 2.24) is 5.32 Å². The van der Waals surface area contributed by atoms with Gasteiger partial charge in [0.15, 0.2) is 5.12 Å². The van der Waals surface area contributed by atoms with Crippen LogP contribution in [-0.4, -0.2) is 30.5 Å². The van der Waals surface area contributed by atoms with E-state index in [1.54, 1.807) is 0 Å². The van der Waals surface area contributed by atoms with Crippen molar-refractivity contribution in [1.29, 1.82) is 0 Å². The summed E-state index contributed by atoms with van der Waals surface area (Å²) < 4.78 is 0. The molecule has 70 valence electrons. The Bertz CT molecular complexity index is 163. The van der Waals surface area contributed by atoms with Gasteiger partial charge >= 0.3 is 0 Å². The van der Waals surface area contributed by atoms with Crippen molar-refractivity contribution < 1.29 is 4.79 Å². The zero-order valence-electron chi connectivity index (χ0n) is 7.38. The van der Waals surface area contributed by atoms with E-state index in [-0.39, 0.29) is 11.2 Å². The van der Waals surface area contributed by atoms with Gasteiger partial charge in [0.1, 0.15) is 0 Å². The number of hydrogen-bond donors (Lipinski definition) is 2. The lowest BCUT2D eigenvalue weighted by molar-refractivity contribution is -0.112. The highest BCUT2D eigenvalue weighted by atomic mass is 32.2. The third-order valence-corrected chi connectivity index (χ3v) is 2.96. The van der Waals surface area contributed by atoms with Crippen LogP contribution in [0.1, 0.15) is 12.8 Å². The van der Waals surface area contributed by atoms with Gasteiger partial charge in [-0.3, -0.25) is 4.79 Å². The van der Waals surface area contributed by atoms with Crippen LogP contribution in [0.3, 0.4) is 0 Å². The van der Waals surface area contributed by atoms with Gasteiger partial charge in [-0.1, -0.05) is 11.8 Å². The van der Waals surface area contributed by atoms with Crippen molar-refractivity contribution >= 4 is 16.9 Å². The third kappa shape index (κ3) is 2.77. The predicted octanol–water partition coefficient (Wildman–Crippen LogP) is 0.203. The van der Waals surface area contributed by atoms with Crippen molar-refractivity contribution in [2.24, 2.45) is 11.7 Å². The maximum Gasteiger partial charge on any atom is 0.189 e. The van der Waals surface area contributed by atoms with Crippen LogP contribution in [-0.2, 0) is 4.79 Å². The minimum atomic E-state index is 0.162. The van der Waals surface area contributed by atoms with Crippen LogP contribution in [0.2, 0.25) is 0 Å². The highest BCUT2D eigenvalue weighted by molar-refractivity contribution is 8.13. The van der Waals surface area contributed by atoms with Crippen molar-refractivity contribution in [3.8, 4) is 0 Å². The molecule has 1 heterocycles. The highest BCUT2D eigenvalue weighted by Crippen LogP contribution is 2.18. The van der Waals surface area contributed by atoms with Crippen molar-refractivity contribution in [2.45, 2.75) is 18.9 Å². The van der Waals surface area contributed by atoms with Crippen molar-refractivity contribution in [3.05, 3.63) is 0 Å². The van der Waals surface area contributed by atoms with Crippen LogP contribution in [0.4, 0.5) is 0 Å². The molecule has 2 unspecified atom stereocenters. The lowest BCUT2D eigenvalue weighted by Gasteiger charge is -2.28. The number of piperidine rings is 1. The molecular formula is C8H16N2OS. The minimum absolute atomic E-state index is 0.162. The standard InChI is InChI=1S/C8H16N2OS/c1-12-8(11)4-6-2-3-10-5-7(6)9/h6-7,10H,2-5,9H2,1H3. The largest absolute Gasteiger partial charge is 0.326 e. The van der Waals surface area contributed by atoms with E-state index < -0.39 is 0 Å². The molecule has 1 saturated heterocycles. The molecule has 0 amide bonds. The van der Waals surface area contributed by atoms with E-state index in [1.807, 2.05) is 6.26 Å². The smallest absolute Gasteiger partial charge is 0.189 e. The van der Waals surface area contributed by atoms with E-state index in [0.717, 1.165) is 19.5 Å². The second-order valence-electron chi connectivity index (χ2n) is 3.20. The van der Waals surface area contributed by atoms with E-state index in [0.29, 0.717) is 12.3 Å². The van der Waals surface area contributed by atoms with Crippen molar-refractivity contribution in [2.75, 3.05) is 19.3 Å². The van der Waals surface area contributed by atoms with Gasteiger partial charge in [0.2, 0.25) is 0 Å². The SMILES string of the molecule is CSC(=O)CC1CCNCC1N. The molecular weight excluding hydrogens is 172 g/mol. The molecule has 0 saturated carbocycles. The van der Waals surface area contributed by atoms with Crippen LogP contribution in [0.15, 0.2) is 0 Å². The highest BCUT2D eigenvalue weighted by Gasteiger charge is 2.23. The van der Waals surface area contributed by atoms with Crippen LogP contribution >= 0.6 is 11.8 Å². The number of rotatable bonds is 2. The van der Waals surface area contributed by atoms with Crippen LogP contribution in [0, 0.1) is 5.92 Å². The molecule has 1 fully saturated rings. The van der Waals surface area contributed by atoms with Gasteiger partial charge in [-0.25, -0.2) is 0 Å². The predicted molar refractivity (Wildman–Crippen MR) is 52.1 cm³/mol. The summed E-state index contributed by atoms with van der Waals surface area (Å²) in [5.41, 5.74) is 5.86. The van der Waals surface area contributed by atoms with Gasteiger partial charge in [0.05, 0.1) is 0 Å². The summed E-state index contributed by atoms with van der Waals surface area (Å²) in [6.45, 7) is 1.85. The maximum atomic E-state index is 11.1. The Morgan fingerprint density at radius 1 is 1.75 bits per heavy atom. The average Bonchev–Trinajstić information content (AvgIpc) is 2.09. The van der Waals surface area contributed by atoms with Gasteiger partial charge < -0.3 is 11.1 Å². The first-order valence-electron chi connectivity index (χ1n) is 4.27. The molecule has 1 aliphatic heterocycles. The topological polar surface area (TPSA) is 55.1 Å². The maximum absolute atomic E-state index is 11.1. The van der Waals surface area contributed by atoms with Crippen LogP contribution < -0.4 is 11.1 Å². The molecule has 0 bridgehead atoms. The zero-order chi connectivity index (χ0) is 8.97. The first kappa shape index (κ1) is 10.0. The molecule has 0 spiro atoms. The number of hydrogen-bond acceptors (Lipinski definition) is 4. The number of nitrogens with two attached hydrogens (primary N) is 1. The molecule has 0 aromatic carbocycles. The van der Waals surface area contributed by atoms with E-state index >= 15 is 0 Å². The number of carbonyl (C=O) groups is 1. The normalized spacial score (nSPS) is 30.2. The Balaban J connectivity index is 2.33. The Kier molecular flexibility index (Phi) is 4.05. The Labute approximate surface area is 77.5 Å². The second kappa shape index (κ2) is 4.84. The summed E-state index contributed by atoms with van der Waals surface area (Å²) in [4.78, 5) is 11.1. The van der Waals surface area contributed by atoms with Gasteiger partial charge in [0.25, 0.3) is 0 Å². The first-order chi connectivity index (χ1) is 5.74. The molecule has 4 heteroatoms. The molecule has 1 aliphatic rings.